The van der Waals surface area contributed by atoms with Crippen molar-refractivity contribution in [2.24, 2.45) is 22.6 Å². The van der Waals surface area contributed by atoms with E-state index in [1.807, 2.05) is 6.07 Å². The first-order valence-electron chi connectivity index (χ1n) is 7.70. The first kappa shape index (κ1) is 16.3. The summed E-state index contributed by atoms with van der Waals surface area (Å²) in [6, 6.07) is 8.27. The van der Waals surface area contributed by atoms with Crippen LogP contribution in [-0.4, -0.2) is 18.0 Å². The van der Waals surface area contributed by atoms with Crippen molar-refractivity contribution in [3.05, 3.63) is 28.7 Å². The minimum atomic E-state index is -0.00368. The van der Waals surface area contributed by atoms with Crippen molar-refractivity contribution in [1.29, 1.82) is 0 Å². The van der Waals surface area contributed by atoms with Crippen LogP contribution in [0, 0.1) is 11.8 Å². The fraction of sp³-hybridized carbons (Fsp3) is 0.588. The van der Waals surface area contributed by atoms with E-state index in [2.05, 4.69) is 71.7 Å². The highest BCUT2D eigenvalue weighted by atomic mass is 79.9. The number of benzene rings is 1. The molecule has 0 radical (unpaired) electrons. The summed E-state index contributed by atoms with van der Waals surface area (Å²) in [5, 5.41) is 0. The van der Waals surface area contributed by atoms with Crippen molar-refractivity contribution in [3.8, 4) is 0 Å². The summed E-state index contributed by atoms with van der Waals surface area (Å²) < 4.78 is 1.07. The zero-order chi connectivity index (χ0) is 15.6. The van der Waals surface area contributed by atoms with E-state index in [1.54, 1.807) is 0 Å². The fourth-order valence-electron chi connectivity index (χ4n) is 3.54. The second kappa shape index (κ2) is 6.39. The molecule has 0 unspecified atom stereocenters. The Kier molecular flexibility index (Phi) is 4.97. The van der Waals surface area contributed by atoms with Crippen LogP contribution in [0.3, 0.4) is 0 Å². The molecule has 2 N–H and O–H groups in total. The molecule has 0 fully saturated rings. The number of aliphatic imine (C=N–C) groups is 1. The molecule has 1 aromatic carbocycles. The molecule has 1 aliphatic rings. The molecular weight excluding hydrogens is 326 g/mol. The first-order valence-corrected chi connectivity index (χ1v) is 8.50. The van der Waals surface area contributed by atoms with E-state index in [1.165, 1.54) is 0 Å². The summed E-state index contributed by atoms with van der Waals surface area (Å²) >= 11 is 3.67. The third kappa shape index (κ3) is 3.42. The molecule has 1 heterocycles. The van der Waals surface area contributed by atoms with Gasteiger partial charge < -0.3 is 10.6 Å². The van der Waals surface area contributed by atoms with Crippen LogP contribution in [0.5, 0.6) is 0 Å². The Morgan fingerprint density at radius 2 is 1.76 bits per heavy atom. The van der Waals surface area contributed by atoms with Crippen LogP contribution in [0.25, 0.3) is 0 Å². The highest BCUT2D eigenvalue weighted by Crippen LogP contribution is 2.40. The lowest BCUT2D eigenvalue weighted by Crippen LogP contribution is -2.53. The van der Waals surface area contributed by atoms with E-state index < -0.39 is 0 Å². The molecule has 3 nitrogen and oxygen atoms in total. The molecule has 1 aromatic rings. The summed E-state index contributed by atoms with van der Waals surface area (Å²) in [4.78, 5) is 6.86. The van der Waals surface area contributed by atoms with Gasteiger partial charge in [-0.3, -0.25) is 4.99 Å². The number of rotatable bonds is 5. The van der Waals surface area contributed by atoms with Crippen molar-refractivity contribution in [2.45, 2.75) is 46.1 Å². The zero-order valence-electron chi connectivity index (χ0n) is 13.4. The van der Waals surface area contributed by atoms with Gasteiger partial charge >= 0.3 is 0 Å². The smallest absolute Gasteiger partial charge is 0.196 e. The van der Waals surface area contributed by atoms with Crippen LogP contribution in [0.1, 0.15) is 40.5 Å². The maximum atomic E-state index is 6.26. The Morgan fingerprint density at radius 3 is 2.29 bits per heavy atom. The quantitative estimate of drug-likeness (QED) is 0.853. The van der Waals surface area contributed by atoms with Crippen molar-refractivity contribution < 1.29 is 0 Å². The molecule has 116 valence electrons. The lowest BCUT2D eigenvalue weighted by molar-refractivity contribution is 0.304. The SMILES string of the molecule is CC(C)CC1(CC(C)C)CN=C(N)N1c1ccccc1Br. The lowest BCUT2D eigenvalue weighted by atomic mass is 9.81. The largest absolute Gasteiger partial charge is 0.369 e. The average Bonchev–Trinajstić information content (AvgIpc) is 2.66. The second-order valence-electron chi connectivity index (χ2n) is 6.88. The number of nitrogens with zero attached hydrogens (tertiary/aromatic N) is 2. The molecule has 0 bridgehead atoms. The minimum Gasteiger partial charge on any atom is -0.369 e. The molecule has 0 atom stereocenters. The van der Waals surface area contributed by atoms with Crippen molar-refractivity contribution in [2.75, 3.05) is 11.4 Å². The third-order valence-corrected chi connectivity index (χ3v) is 4.58. The van der Waals surface area contributed by atoms with Crippen LogP contribution in [0.15, 0.2) is 33.7 Å². The maximum Gasteiger partial charge on any atom is 0.196 e. The summed E-state index contributed by atoms with van der Waals surface area (Å²) in [5.41, 5.74) is 7.38. The summed E-state index contributed by atoms with van der Waals surface area (Å²) in [5.74, 6) is 1.85. The molecular formula is C17H26BrN3. The van der Waals surface area contributed by atoms with Gasteiger partial charge in [0, 0.05) is 4.47 Å². The third-order valence-electron chi connectivity index (χ3n) is 3.91. The molecule has 1 aliphatic heterocycles. The van der Waals surface area contributed by atoms with E-state index in [9.17, 15) is 0 Å². The first-order chi connectivity index (χ1) is 9.85. The van der Waals surface area contributed by atoms with Crippen molar-refractivity contribution in [1.82, 2.24) is 0 Å². The zero-order valence-corrected chi connectivity index (χ0v) is 15.0. The standard InChI is InChI=1S/C17H26BrN3/c1-12(2)9-17(10-13(3)4)11-20-16(19)21(17)15-8-6-5-7-14(15)18/h5-8,12-13H,9-11H2,1-4H3,(H2,19,20). The van der Waals surface area contributed by atoms with Gasteiger partial charge in [0.25, 0.3) is 0 Å². The molecule has 0 aliphatic carbocycles. The van der Waals surface area contributed by atoms with Crippen LogP contribution in [-0.2, 0) is 0 Å². The molecule has 21 heavy (non-hydrogen) atoms. The van der Waals surface area contributed by atoms with Crippen molar-refractivity contribution >= 4 is 27.6 Å². The van der Waals surface area contributed by atoms with Gasteiger partial charge in [-0.2, -0.15) is 0 Å². The Labute approximate surface area is 136 Å². The van der Waals surface area contributed by atoms with Crippen LogP contribution in [0.2, 0.25) is 0 Å². The van der Waals surface area contributed by atoms with Crippen LogP contribution >= 0.6 is 15.9 Å². The van der Waals surface area contributed by atoms with Crippen LogP contribution < -0.4 is 10.6 Å². The number of guanidine groups is 1. The number of hydrogen-bond acceptors (Lipinski definition) is 3. The van der Waals surface area contributed by atoms with E-state index in [4.69, 9.17) is 5.73 Å². The molecule has 0 aromatic heterocycles. The molecule has 0 spiro atoms. The number of nitrogens with two attached hydrogens (primary N) is 1. The Balaban J connectivity index is 2.46. The molecule has 0 saturated heterocycles. The monoisotopic (exact) mass is 351 g/mol. The predicted octanol–water partition coefficient (Wildman–Crippen LogP) is 4.41. The highest BCUT2D eigenvalue weighted by Gasteiger charge is 2.44. The normalized spacial score (nSPS) is 17.7. The van der Waals surface area contributed by atoms with E-state index in [0.717, 1.165) is 29.5 Å². The molecule has 0 amide bonds. The van der Waals surface area contributed by atoms with Gasteiger partial charge in [-0.05, 0) is 52.7 Å². The number of hydrogen-bond donors (Lipinski definition) is 1. The van der Waals surface area contributed by atoms with Gasteiger partial charge in [0.05, 0.1) is 17.8 Å². The molecule has 4 heteroatoms. The number of para-hydroxylation sites is 1. The van der Waals surface area contributed by atoms with Gasteiger partial charge in [0.15, 0.2) is 5.96 Å². The van der Waals surface area contributed by atoms with Gasteiger partial charge in [-0.25, -0.2) is 0 Å². The summed E-state index contributed by atoms with van der Waals surface area (Å²) in [7, 11) is 0. The maximum absolute atomic E-state index is 6.26. The predicted molar refractivity (Wildman–Crippen MR) is 94.8 cm³/mol. The average molecular weight is 352 g/mol. The fourth-order valence-corrected chi connectivity index (χ4v) is 4.00. The van der Waals surface area contributed by atoms with E-state index in [0.29, 0.717) is 17.8 Å². The molecule has 2 rings (SSSR count). The van der Waals surface area contributed by atoms with Crippen LogP contribution in [0.4, 0.5) is 5.69 Å². The second-order valence-corrected chi connectivity index (χ2v) is 7.74. The van der Waals surface area contributed by atoms with Gasteiger partial charge in [-0.1, -0.05) is 39.8 Å². The van der Waals surface area contributed by atoms with Gasteiger partial charge in [0.2, 0.25) is 0 Å². The Morgan fingerprint density at radius 1 is 1.19 bits per heavy atom. The Hall–Kier alpha value is -1.03. The summed E-state index contributed by atoms with van der Waals surface area (Å²) in [6.45, 7) is 9.88. The van der Waals surface area contributed by atoms with Crippen molar-refractivity contribution in [3.63, 3.8) is 0 Å². The number of halogens is 1. The highest BCUT2D eigenvalue weighted by molar-refractivity contribution is 9.10. The molecule has 0 saturated carbocycles. The topological polar surface area (TPSA) is 41.6 Å². The van der Waals surface area contributed by atoms with Gasteiger partial charge in [0.1, 0.15) is 0 Å². The minimum absolute atomic E-state index is 0.00368. The number of anilines is 1. The Bertz CT molecular complexity index is 513. The van der Waals surface area contributed by atoms with Gasteiger partial charge in [-0.15, -0.1) is 0 Å². The van der Waals surface area contributed by atoms with E-state index >= 15 is 0 Å². The summed E-state index contributed by atoms with van der Waals surface area (Å²) in [6.07, 6.45) is 2.19. The lowest BCUT2D eigenvalue weighted by Gasteiger charge is -2.42. The van der Waals surface area contributed by atoms with E-state index in [-0.39, 0.29) is 5.54 Å².